The fraction of sp³-hybridized carbons (Fsp3) is 0.0833. The van der Waals surface area contributed by atoms with E-state index in [2.05, 4.69) is 33.5 Å². The number of carbonyl (C=O) groups excluding carboxylic acids is 1. The van der Waals surface area contributed by atoms with Crippen molar-refractivity contribution < 1.29 is 9.21 Å². The quantitative estimate of drug-likeness (QED) is 0.206. The molecule has 158 valence electrons. The molecule has 0 aliphatic heterocycles. The Labute approximate surface area is 191 Å². The van der Waals surface area contributed by atoms with Crippen molar-refractivity contribution in [2.75, 3.05) is 5.32 Å². The standard InChI is InChI=1S/C24H17N3O3S2/c1-14(28)27-17-7-8-18-16(9-22(29)30-20(18)10-17)12-31-23-19-11-21(15-5-3-2-4-6-15)32-24(19)26-13-25-23/h2-11,13H,12H2,1H3,(H,27,28). The number of hydrogen-bond donors (Lipinski definition) is 1. The van der Waals surface area contributed by atoms with Crippen LogP contribution in [0.2, 0.25) is 0 Å². The number of nitrogens with zero attached hydrogens (tertiary/aromatic N) is 2. The fourth-order valence-corrected chi connectivity index (χ4v) is 5.50. The summed E-state index contributed by atoms with van der Waals surface area (Å²) in [6.45, 7) is 1.43. The molecule has 32 heavy (non-hydrogen) atoms. The van der Waals surface area contributed by atoms with Crippen LogP contribution < -0.4 is 10.9 Å². The van der Waals surface area contributed by atoms with Crippen molar-refractivity contribution in [3.63, 3.8) is 0 Å². The molecule has 8 heteroatoms. The third-order valence-electron chi connectivity index (χ3n) is 4.87. The van der Waals surface area contributed by atoms with Gasteiger partial charge in [0.25, 0.3) is 0 Å². The van der Waals surface area contributed by atoms with Gasteiger partial charge in [-0.2, -0.15) is 0 Å². The summed E-state index contributed by atoms with van der Waals surface area (Å²) in [6.07, 6.45) is 1.58. The van der Waals surface area contributed by atoms with Crippen LogP contribution in [0.1, 0.15) is 12.5 Å². The van der Waals surface area contributed by atoms with E-state index in [-0.39, 0.29) is 5.91 Å². The molecule has 1 amide bonds. The van der Waals surface area contributed by atoms with Gasteiger partial charge in [0.05, 0.1) is 0 Å². The second-order valence-electron chi connectivity index (χ2n) is 7.15. The molecule has 0 saturated carbocycles. The number of anilines is 1. The molecule has 0 aliphatic rings. The molecule has 0 unspecified atom stereocenters. The van der Waals surface area contributed by atoms with Crippen LogP contribution in [0, 0.1) is 0 Å². The van der Waals surface area contributed by atoms with Crippen LogP contribution in [0.15, 0.2) is 81.2 Å². The highest BCUT2D eigenvalue weighted by molar-refractivity contribution is 7.98. The van der Waals surface area contributed by atoms with E-state index >= 15 is 0 Å². The smallest absolute Gasteiger partial charge is 0.336 e. The van der Waals surface area contributed by atoms with Crippen LogP contribution >= 0.6 is 23.1 Å². The number of amides is 1. The first-order chi connectivity index (χ1) is 15.6. The molecule has 3 heterocycles. The molecule has 0 radical (unpaired) electrons. The van der Waals surface area contributed by atoms with E-state index in [4.69, 9.17) is 4.42 Å². The van der Waals surface area contributed by atoms with Gasteiger partial charge in [-0.3, -0.25) is 4.79 Å². The Hall–Kier alpha value is -3.49. The summed E-state index contributed by atoms with van der Waals surface area (Å²) in [4.78, 5) is 34.4. The van der Waals surface area contributed by atoms with Gasteiger partial charge in [0.1, 0.15) is 21.8 Å². The summed E-state index contributed by atoms with van der Waals surface area (Å²) in [7, 11) is 0. The summed E-state index contributed by atoms with van der Waals surface area (Å²) in [5.74, 6) is 0.362. The second-order valence-corrected chi connectivity index (χ2v) is 9.14. The van der Waals surface area contributed by atoms with Gasteiger partial charge < -0.3 is 9.73 Å². The lowest BCUT2D eigenvalue weighted by molar-refractivity contribution is -0.114. The average molecular weight is 460 g/mol. The monoisotopic (exact) mass is 459 g/mol. The minimum absolute atomic E-state index is 0.183. The van der Waals surface area contributed by atoms with Crippen molar-refractivity contribution in [3.05, 3.63) is 83.0 Å². The molecule has 5 aromatic rings. The molecule has 0 atom stereocenters. The third-order valence-corrected chi connectivity index (χ3v) is 7.01. The Kier molecular flexibility index (Phi) is 5.46. The zero-order chi connectivity index (χ0) is 22.1. The van der Waals surface area contributed by atoms with Gasteiger partial charge in [-0.1, -0.05) is 30.3 Å². The number of thiophene rings is 1. The number of rotatable bonds is 5. The van der Waals surface area contributed by atoms with E-state index < -0.39 is 5.63 Å². The molecule has 1 N–H and O–H groups in total. The number of aromatic nitrogens is 2. The summed E-state index contributed by atoms with van der Waals surface area (Å²) < 4.78 is 5.36. The van der Waals surface area contributed by atoms with Crippen molar-refractivity contribution in [3.8, 4) is 10.4 Å². The van der Waals surface area contributed by atoms with E-state index in [0.29, 0.717) is 17.0 Å². The lowest BCUT2D eigenvalue weighted by atomic mass is 10.1. The summed E-state index contributed by atoms with van der Waals surface area (Å²) in [6, 6.07) is 19.1. The Bertz CT molecular complexity index is 1510. The molecule has 0 fully saturated rings. The van der Waals surface area contributed by atoms with Crippen LogP contribution in [0.3, 0.4) is 0 Å². The SMILES string of the molecule is CC(=O)Nc1ccc2c(CSc3ncnc4sc(-c5ccccc5)cc34)cc(=O)oc2c1. The van der Waals surface area contributed by atoms with Gasteiger partial charge in [-0.25, -0.2) is 14.8 Å². The highest BCUT2D eigenvalue weighted by Gasteiger charge is 2.13. The van der Waals surface area contributed by atoms with E-state index in [0.717, 1.165) is 36.6 Å². The first-order valence-electron chi connectivity index (χ1n) is 9.84. The maximum Gasteiger partial charge on any atom is 0.336 e. The van der Waals surface area contributed by atoms with Gasteiger partial charge in [0, 0.05) is 46.1 Å². The first kappa shape index (κ1) is 20.4. The highest BCUT2D eigenvalue weighted by Crippen LogP contribution is 2.37. The predicted octanol–water partition coefficient (Wildman–Crippen LogP) is 5.72. The average Bonchev–Trinajstić information content (AvgIpc) is 3.22. The lowest BCUT2D eigenvalue weighted by Gasteiger charge is -2.08. The molecule has 5 rings (SSSR count). The van der Waals surface area contributed by atoms with Crippen molar-refractivity contribution in [1.29, 1.82) is 0 Å². The van der Waals surface area contributed by atoms with Crippen molar-refractivity contribution in [2.45, 2.75) is 17.7 Å². The van der Waals surface area contributed by atoms with Gasteiger partial charge in [-0.05, 0) is 29.3 Å². The van der Waals surface area contributed by atoms with Gasteiger partial charge in [0.2, 0.25) is 5.91 Å². The molecule has 0 aliphatic carbocycles. The molecule has 0 bridgehead atoms. The number of fused-ring (bicyclic) bond motifs is 2. The molecule has 6 nitrogen and oxygen atoms in total. The Morgan fingerprint density at radius 1 is 1.06 bits per heavy atom. The largest absolute Gasteiger partial charge is 0.423 e. The van der Waals surface area contributed by atoms with E-state index in [1.807, 2.05) is 24.3 Å². The third kappa shape index (κ3) is 4.15. The second kappa shape index (κ2) is 8.57. The molecule has 0 saturated heterocycles. The molecular weight excluding hydrogens is 442 g/mol. The first-order valence-corrected chi connectivity index (χ1v) is 11.6. The molecule has 0 spiro atoms. The Morgan fingerprint density at radius 2 is 1.91 bits per heavy atom. The predicted molar refractivity (Wildman–Crippen MR) is 129 cm³/mol. The highest BCUT2D eigenvalue weighted by atomic mass is 32.2. The maximum atomic E-state index is 12.1. The van der Waals surface area contributed by atoms with Crippen molar-refractivity contribution in [2.24, 2.45) is 0 Å². The zero-order valence-corrected chi connectivity index (χ0v) is 18.6. The van der Waals surface area contributed by atoms with E-state index in [1.165, 1.54) is 13.0 Å². The normalized spacial score (nSPS) is 11.2. The summed E-state index contributed by atoms with van der Waals surface area (Å²) in [5.41, 5.74) is 2.59. The minimum Gasteiger partial charge on any atom is -0.423 e. The van der Waals surface area contributed by atoms with Crippen molar-refractivity contribution in [1.82, 2.24) is 9.97 Å². The minimum atomic E-state index is -0.428. The topological polar surface area (TPSA) is 85.1 Å². The molecular formula is C24H17N3O3S2. The number of hydrogen-bond acceptors (Lipinski definition) is 7. The molecule has 2 aromatic carbocycles. The lowest BCUT2D eigenvalue weighted by Crippen LogP contribution is -2.06. The van der Waals surface area contributed by atoms with E-state index in [9.17, 15) is 9.59 Å². The van der Waals surface area contributed by atoms with Gasteiger partial charge in [0.15, 0.2) is 0 Å². The number of nitrogens with one attached hydrogen (secondary N) is 1. The van der Waals surface area contributed by atoms with E-state index in [1.54, 1.807) is 41.6 Å². The van der Waals surface area contributed by atoms with Crippen molar-refractivity contribution >= 4 is 55.9 Å². The summed E-state index contributed by atoms with van der Waals surface area (Å²) >= 11 is 3.19. The number of thioether (sulfide) groups is 1. The summed E-state index contributed by atoms with van der Waals surface area (Å²) in [5, 5.41) is 5.40. The van der Waals surface area contributed by atoms with Crippen LogP contribution in [-0.4, -0.2) is 15.9 Å². The van der Waals surface area contributed by atoms with Crippen LogP contribution in [0.25, 0.3) is 31.6 Å². The fourth-order valence-electron chi connectivity index (χ4n) is 3.47. The Balaban J connectivity index is 1.47. The molecule has 3 aromatic heterocycles. The number of carbonyl (C=O) groups is 1. The van der Waals surface area contributed by atoms with Gasteiger partial charge in [-0.15, -0.1) is 23.1 Å². The van der Waals surface area contributed by atoms with Gasteiger partial charge >= 0.3 is 5.63 Å². The Morgan fingerprint density at radius 3 is 2.72 bits per heavy atom. The van der Waals surface area contributed by atoms with Crippen LogP contribution in [0.4, 0.5) is 5.69 Å². The zero-order valence-electron chi connectivity index (χ0n) is 17.0. The number of benzene rings is 2. The van der Waals surface area contributed by atoms with Crippen LogP contribution in [0.5, 0.6) is 0 Å². The van der Waals surface area contributed by atoms with Crippen LogP contribution in [-0.2, 0) is 10.5 Å². The maximum absolute atomic E-state index is 12.1.